The van der Waals surface area contributed by atoms with Gasteiger partial charge < -0.3 is 0 Å². The van der Waals surface area contributed by atoms with E-state index in [0.29, 0.717) is 0 Å². The molecule has 0 aromatic heterocycles. The molecule has 0 saturated carbocycles. The number of halogens is 6. The van der Waals surface area contributed by atoms with Crippen molar-refractivity contribution in [1.29, 1.82) is 0 Å². The molecular formula is C60H86Cl6Si2Zr2. The molecule has 0 saturated heterocycles. The van der Waals surface area contributed by atoms with E-state index in [9.17, 15) is 0 Å². The fourth-order valence-corrected chi connectivity index (χ4v) is 7.68. The van der Waals surface area contributed by atoms with Crippen LogP contribution < -0.4 is 0 Å². The summed E-state index contributed by atoms with van der Waals surface area (Å²) >= 11 is 3.48. The average Bonchev–Trinajstić information content (AvgIpc) is 3.92. The standard InChI is InChI=1S/4C14H17.2C2H6Si.6ClH.2Zr/c2*1-10-7-11-5-6-13(14(2,3)4)9-12(11)8-10;2*1-10(2)6-12-4-5-13-7-11(3)8-14(13)9-12;2*1-3-2;;;;;;;;/h2*5-9H,1-4H3;2*4-5,7-10H,6H2,1-3H3;2*1-2H3;6*1H;;/q4*-1;;;;;;;;;2*+2. The summed E-state index contributed by atoms with van der Waals surface area (Å²) in [7, 11) is 0. The van der Waals surface area contributed by atoms with Gasteiger partial charge in [0, 0.05) is 0 Å². The summed E-state index contributed by atoms with van der Waals surface area (Å²) in [6.07, 6.45) is 2.36. The zero-order valence-electron chi connectivity index (χ0n) is 45.6. The van der Waals surface area contributed by atoms with Crippen LogP contribution in [0, 0.1) is 39.5 Å². The topological polar surface area (TPSA) is 0 Å². The summed E-state index contributed by atoms with van der Waals surface area (Å²) in [5, 5.41) is 11.0. The van der Waals surface area contributed by atoms with Gasteiger partial charge in [-0.15, -0.1) is 237 Å². The monoisotopic (exact) mass is 1250 g/mol. The Morgan fingerprint density at radius 2 is 0.600 bits per heavy atom. The van der Waals surface area contributed by atoms with Gasteiger partial charge in [-0.25, -0.2) is 0 Å². The molecule has 8 rings (SSSR count). The number of hydrogen-bond donors (Lipinski definition) is 0. The fraction of sp³-hybridized carbons (Fsp3) is 0.400. The van der Waals surface area contributed by atoms with Crippen LogP contribution in [0.15, 0.2) is 121 Å². The Balaban J connectivity index is -0.000000384. The van der Waals surface area contributed by atoms with Gasteiger partial charge in [-0.1, -0.05) is 119 Å². The molecule has 384 valence electrons. The summed E-state index contributed by atoms with van der Waals surface area (Å²) in [5.41, 5.74) is 12.1. The van der Waals surface area contributed by atoms with E-state index in [1.165, 1.54) is 100 Å². The van der Waals surface area contributed by atoms with Crippen molar-refractivity contribution in [3.63, 3.8) is 0 Å². The zero-order valence-corrected chi connectivity index (χ0v) is 57.4. The molecule has 8 aromatic carbocycles. The van der Waals surface area contributed by atoms with E-state index in [2.05, 4.69) is 244 Å². The molecule has 0 bridgehead atoms. The van der Waals surface area contributed by atoms with Gasteiger partial charge in [-0.3, -0.25) is 0 Å². The van der Waals surface area contributed by atoms with Crippen molar-refractivity contribution in [2.45, 2.75) is 147 Å². The number of fused-ring (bicyclic) bond motifs is 4. The van der Waals surface area contributed by atoms with Crippen LogP contribution in [0.25, 0.3) is 43.1 Å². The minimum atomic E-state index is 0. The molecule has 0 spiro atoms. The second-order valence-electron chi connectivity index (χ2n) is 21.4. The van der Waals surface area contributed by atoms with E-state index >= 15 is 0 Å². The molecule has 10 heteroatoms. The van der Waals surface area contributed by atoms with Gasteiger partial charge in [0.2, 0.25) is 0 Å². The van der Waals surface area contributed by atoms with Crippen LogP contribution in [-0.4, -0.2) is 10.9 Å². The van der Waals surface area contributed by atoms with Crippen molar-refractivity contribution in [2.75, 3.05) is 0 Å². The predicted molar refractivity (Wildman–Crippen MR) is 330 cm³/mol. The second kappa shape index (κ2) is 35.5. The predicted octanol–water partition coefficient (Wildman–Crippen LogP) is 20.6. The maximum atomic E-state index is 2.32. The van der Waals surface area contributed by atoms with Crippen molar-refractivity contribution in [1.82, 2.24) is 0 Å². The largest absolute Gasteiger partial charge is 0.165 e. The molecule has 0 aliphatic rings. The summed E-state index contributed by atoms with van der Waals surface area (Å²) in [6.45, 7) is 40.4. The first-order valence-electron chi connectivity index (χ1n) is 23.4. The van der Waals surface area contributed by atoms with Crippen LogP contribution in [0.2, 0.25) is 26.2 Å². The maximum Gasteiger partial charge on any atom is -0.0148 e. The van der Waals surface area contributed by atoms with E-state index in [4.69, 9.17) is 0 Å². The van der Waals surface area contributed by atoms with Gasteiger partial charge >= 0.3 is 83.7 Å². The number of hydrogen-bond acceptors (Lipinski definition) is 0. The van der Waals surface area contributed by atoms with Crippen LogP contribution in [0.5, 0.6) is 0 Å². The Morgan fingerprint density at radius 1 is 0.386 bits per heavy atom. The molecule has 0 heterocycles. The van der Waals surface area contributed by atoms with Crippen LogP contribution in [-0.2, 0) is 70.3 Å². The molecule has 0 aliphatic carbocycles. The van der Waals surface area contributed by atoms with E-state index in [0.717, 1.165) is 11.8 Å². The third-order valence-corrected chi connectivity index (χ3v) is 10.6. The minimum Gasteiger partial charge on any atom is -0.165 e. The van der Waals surface area contributed by atoms with E-state index in [1.807, 2.05) is 0 Å². The Morgan fingerprint density at radius 3 is 0.814 bits per heavy atom. The van der Waals surface area contributed by atoms with Gasteiger partial charge in [-0.05, 0) is 35.5 Å². The second-order valence-corrected chi connectivity index (χ2v) is 40.2. The summed E-state index contributed by atoms with van der Waals surface area (Å²) in [6, 6.07) is 45.2. The van der Waals surface area contributed by atoms with E-state index in [-0.39, 0.29) is 96.1 Å². The zero-order chi connectivity index (χ0) is 48.1. The van der Waals surface area contributed by atoms with Crippen molar-refractivity contribution in [3.05, 3.63) is 166 Å². The molecule has 8 aromatic rings. The molecule has 0 N–H and O–H groups in total. The van der Waals surface area contributed by atoms with Gasteiger partial charge in [0.1, 0.15) is 0 Å². The first-order chi connectivity index (χ1) is 29.7. The number of benzene rings is 4. The molecule has 0 radical (unpaired) electrons. The first-order valence-corrected chi connectivity index (χ1v) is 35.8. The van der Waals surface area contributed by atoms with Gasteiger partial charge in [0.15, 0.2) is 0 Å². The van der Waals surface area contributed by atoms with E-state index < -0.39 is 0 Å². The third kappa shape index (κ3) is 27.7. The summed E-state index contributed by atoms with van der Waals surface area (Å²) < 4.78 is 0. The third-order valence-electron chi connectivity index (χ3n) is 10.6. The average molecular weight is 1260 g/mol. The Bertz CT molecular complexity index is 2540. The smallest absolute Gasteiger partial charge is 0.0148 e. The van der Waals surface area contributed by atoms with E-state index in [1.54, 1.807) is 46.7 Å². The van der Waals surface area contributed by atoms with Gasteiger partial charge in [0.05, 0.1) is 0 Å². The van der Waals surface area contributed by atoms with Crippen LogP contribution in [0.4, 0.5) is 0 Å². The Labute approximate surface area is 494 Å². The molecule has 0 unspecified atom stereocenters. The molecule has 0 fully saturated rings. The fourth-order valence-electron chi connectivity index (χ4n) is 7.68. The van der Waals surface area contributed by atoms with Crippen molar-refractivity contribution >= 4 is 128 Å². The molecular weight excluding hydrogens is 1170 g/mol. The summed E-state index contributed by atoms with van der Waals surface area (Å²) in [5.74, 6) is 1.48. The normalized spacial score (nSPS) is 10.3. The number of aryl methyl sites for hydroxylation is 4. The minimum absolute atomic E-state index is 0. The van der Waals surface area contributed by atoms with Crippen LogP contribution in [0.1, 0.15) is 114 Å². The van der Waals surface area contributed by atoms with Gasteiger partial charge in [-0.2, -0.15) is 24.3 Å². The number of rotatable bonds is 4. The van der Waals surface area contributed by atoms with Crippen LogP contribution in [0.3, 0.4) is 0 Å². The molecule has 0 nitrogen and oxygen atoms in total. The Kier molecular flexibility index (Phi) is 38.4. The molecule has 0 atom stereocenters. The first kappa shape index (κ1) is 75.8. The SMILES string of the molecule is C[Si](C)=[Zr+2].C[Si](C)=[Zr+2].Cc1cc2cc(C(C)(C)C)ccc2[cH-]1.Cc1cc2cc(C(C)(C)C)ccc2[cH-]1.Cc1cc2cc(CC(C)C)ccc2[cH-]1.Cc1cc2cc(CC(C)C)ccc2[cH-]1.Cl.Cl.Cl.Cl.Cl.Cl. The quantitative estimate of drug-likeness (QED) is 0.122. The van der Waals surface area contributed by atoms with Crippen molar-refractivity contribution in [3.8, 4) is 0 Å². The van der Waals surface area contributed by atoms with Crippen LogP contribution >= 0.6 is 74.4 Å². The Hall–Kier alpha value is -0.740. The summed E-state index contributed by atoms with van der Waals surface area (Å²) in [4.78, 5) is 0. The van der Waals surface area contributed by atoms with Crippen molar-refractivity contribution in [2.24, 2.45) is 11.8 Å². The molecule has 70 heavy (non-hydrogen) atoms. The molecule has 0 amide bonds. The van der Waals surface area contributed by atoms with Crippen molar-refractivity contribution < 1.29 is 46.7 Å². The maximum absolute atomic E-state index is 2.32. The van der Waals surface area contributed by atoms with Gasteiger partial charge in [0.25, 0.3) is 0 Å². The molecule has 0 aliphatic heterocycles.